The fourth-order valence-electron chi connectivity index (χ4n) is 3.57. The lowest BCUT2D eigenvalue weighted by molar-refractivity contribution is 0.0937. The maximum atomic E-state index is 13.2. The molecule has 0 aliphatic heterocycles. The molecule has 6 N–H and O–H groups in total. The predicted octanol–water partition coefficient (Wildman–Crippen LogP) is 2.85. The highest BCUT2D eigenvalue weighted by molar-refractivity contribution is 5.96. The number of aromatic nitrogens is 2. The first-order valence-electron chi connectivity index (χ1n) is 10.8. The van der Waals surface area contributed by atoms with Crippen molar-refractivity contribution in [1.29, 1.82) is 0 Å². The van der Waals surface area contributed by atoms with Gasteiger partial charge in [0.05, 0.1) is 29.0 Å². The molecule has 8 nitrogen and oxygen atoms in total. The Morgan fingerprint density at radius 3 is 2.46 bits per heavy atom. The largest absolute Gasteiger partial charge is 0.397 e. The smallest absolute Gasteiger partial charge is 0.276 e. The molecule has 1 aromatic heterocycles. The molecule has 0 atom stereocenters. The number of H-pyrrole nitrogens is 1. The number of rotatable bonds is 7. The molecule has 4 aromatic rings. The van der Waals surface area contributed by atoms with Crippen molar-refractivity contribution in [3.05, 3.63) is 99.7 Å². The summed E-state index contributed by atoms with van der Waals surface area (Å²) in [5.41, 5.74) is 15.6. The van der Waals surface area contributed by atoms with Gasteiger partial charge in [0.2, 0.25) is 0 Å². The van der Waals surface area contributed by atoms with Crippen LogP contribution in [-0.2, 0) is 4.74 Å². The fourth-order valence-corrected chi connectivity index (χ4v) is 3.57. The van der Waals surface area contributed by atoms with Gasteiger partial charge >= 0.3 is 0 Å². The van der Waals surface area contributed by atoms with Crippen LogP contribution in [0.5, 0.6) is 0 Å². The lowest BCUT2D eigenvalue weighted by atomic mass is 10.0. The predicted molar refractivity (Wildman–Crippen MR) is 134 cm³/mol. The quantitative estimate of drug-likeness (QED) is 0.305. The Labute approximate surface area is 200 Å². The summed E-state index contributed by atoms with van der Waals surface area (Å²) in [4.78, 5) is 32.4. The molecule has 178 valence electrons. The molecule has 3 aromatic carbocycles. The second kappa shape index (κ2) is 10.2. The molecule has 0 radical (unpaired) electrons. The molecule has 35 heavy (non-hydrogen) atoms. The molecule has 0 saturated carbocycles. The SMILES string of the molecule is COCCNC(=O)c1cccc(/C(N)=C(\N)c2nc3ccc(-c4ccc(F)cc4)cc3[nH]c2=O)c1. The summed E-state index contributed by atoms with van der Waals surface area (Å²) in [5, 5.41) is 2.74. The number of aromatic amines is 1. The van der Waals surface area contributed by atoms with E-state index in [1.165, 1.54) is 12.1 Å². The van der Waals surface area contributed by atoms with Crippen LogP contribution in [0.2, 0.25) is 0 Å². The zero-order chi connectivity index (χ0) is 24.9. The molecule has 1 heterocycles. The van der Waals surface area contributed by atoms with Crippen molar-refractivity contribution in [3.63, 3.8) is 0 Å². The van der Waals surface area contributed by atoms with Gasteiger partial charge in [-0.05, 0) is 47.5 Å². The van der Waals surface area contributed by atoms with E-state index >= 15 is 0 Å². The number of benzene rings is 3. The minimum atomic E-state index is -0.511. The third-order valence-electron chi connectivity index (χ3n) is 5.44. The second-order valence-corrected chi connectivity index (χ2v) is 7.81. The van der Waals surface area contributed by atoms with Crippen LogP contribution in [0.15, 0.2) is 71.5 Å². The van der Waals surface area contributed by atoms with E-state index in [9.17, 15) is 14.0 Å². The van der Waals surface area contributed by atoms with Gasteiger partial charge in [0, 0.05) is 24.8 Å². The van der Waals surface area contributed by atoms with Gasteiger partial charge < -0.3 is 26.5 Å². The van der Waals surface area contributed by atoms with Crippen LogP contribution in [0.25, 0.3) is 33.6 Å². The van der Waals surface area contributed by atoms with E-state index in [1.807, 2.05) is 6.07 Å². The Balaban J connectivity index is 1.67. The minimum Gasteiger partial charge on any atom is -0.397 e. The number of hydrogen-bond donors (Lipinski definition) is 4. The number of nitrogens with zero attached hydrogens (tertiary/aromatic N) is 1. The summed E-state index contributed by atoms with van der Waals surface area (Å²) >= 11 is 0. The average molecular weight is 474 g/mol. The maximum absolute atomic E-state index is 13.2. The van der Waals surface area contributed by atoms with Crippen LogP contribution in [0.1, 0.15) is 21.6 Å². The number of carbonyl (C=O) groups excluding carboxylic acids is 1. The van der Waals surface area contributed by atoms with Gasteiger partial charge in [0.25, 0.3) is 11.5 Å². The molecular formula is C26H24FN5O3. The summed E-state index contributed by atoms with van der Waals surface area (Å²) in [7, 11) is 1.55. The van der Waals surface area contributed by atoms with Crippen molar-refractivity contribution in [3.8, 4) is 11.1 Å². The highest BCUT2D eigenvalue weighted by Gasteiger charge is 2.14. The van der Waals surface area contributed by atoms with Crippen molar-refractivity contribution >= 4 is 28.3 Å². The van der Waals surface area contributed by atoms with Crippen LogP contribution in [-0.4, -0.2) is 36.1 Å². The van der Waals surface area contributed by atoms with E-state index in [1.54, 1.807) is 55.6 Å². The molecule has 0 unspecified atom stereocenters. The number of carbonyl (C=O) groups is 1. The van der Waals surface area contributed by atoms with Crippen molar-refractivity contribution in [2.75, 3.05) is 20.3 Å². The molecular weight excluding hydrogens is 449 g/mol. The van der Waals surface area contributed by atoms with Crippen molar-refractivity contribution < 1.29 is 13.9 Å². The highest BCUT2D eigenvalue weighted by Crippen LogP contribution is 2.24. The third kappa shape index (κ3) is 5.20. The molecule has 4 rings (SSSR count). The highest BCUT2D eigenvalue weighted by atomic mass is 19.1. The summed E-state index contributed by atoms with van der Waals surface area (Å²) in [5.74, 6) is -0.611. The lowest BCUT2D eigenvalue weighted by Gasteiger charge is -2.10. The van der Waals surface area contributed by atoms with Crippen LogP contribution >= 0.6 is 0 Å². The number of amides is 1. The summed E-state index contributed by atoms with van der Waals surface area (Å²) in [6.45, 7) is 0.758. The first-order valence-corrected chi connectivity index (χ1v) is 10.8. The maximum Gasteiger partial charge on any atom is 0.276 e. The normalized spacial score (nSPS) is 11.8. The minimum absolute atomic E-state index is 0.00676. The summed E-state index contributed by atoms with van der Waals surface area (Å²) in [6.07, 6.45) is 0. The Kier molecular flexibility index (Phi) is 6.88. The van der Waals surface area contributed by atoms with E-state index < -0.39 is 5.56 Å². The topological polar surface area (TPSA) is 136 Å². The molecule has 0 aliphatic carbocycles. The number of halogens is 1. The van der Waals surface area contributed by atoms with Gasteiger partial charge in [-0.2, -0.15) is 0 Å². The number of ether oxygens (including phenoxy) is 1. The van der Waals surface area contributed by atoms with Gasteiger partial charge in [0.1, 0.15) is 5.82 Å². The zero-order valence-electron chi connectivity index (χ0n) is 19.0. The van der Waals surface area contributed by atoms with Gasteiger partial charge in [-0.25, -0.2) is 9.37 Å². The second-order valence-electron chi connectivity index (χ2n) is 7.81. The standard InChI is InChI=1S/C26H24FN5O3/c1-35-12-11-30-25(33)18-4-2-3-17(13-18)22(28)23(29)24-26(34)32-21-14-16(7-10-20(21)31-24)15-5-8-19(27)9-6-15/h2-10,13-14H,11-12,28-29H2,1H3,(H,30,33)(H,32,34)/b23-22+. The zero-order valence-corrected chi connectivity index (χ0v) is 19.0. The Hall–Kier alpha value is -4.50. The van der Waals surface area contributed by atoms with Gasteiger partial charge in [-0.3, -0.25) is 9.59 Å². The molecule has 0 fully saturated rings. The Bertz CT molecular complexity index is 1480. The molecule has 0 saturated heterocycles. The average Bonchev–Trinajstić information content (AvgIpc) is 2.87. The van der Waals surface area contributed by atoms with E-state index in [2.05, 4.69) is 15.3 Å². The first-order chi connectivity index (χ1) is 16.9. The van der Waals surface area contributed by atoms with E-state index in [-0.39, 0.29) is 28.8 Å². The van der Waals surface area contributed by atoms with E-state index in [0.717, 1.165) is 11.1 Å². The molecule has 0 spiro atoms. The van der Waals surface area contributed by atoms with Gasteiger partial charge in [-0.1, -0.05) is 30.3 Å². The number of fused-ring (bicyclic) bond motifs is 1. The van der Waals surface area contributed by atoms with Gasteiger partial charge in [0.15, 0.2) is 5.69 Å². The van der Waals surface area contributed by atoms with Crippen LogP contribution in [0.3, 0.4) is 0 Å². The summed E-state index contributed by atoms with van der Waals surface area (Å²) in [6, 6.07) is 18.0. The van der Waals surface area contributed by atoms with E-state index in [4.69, 9.17) is 16.2 Å². The third-order valence-corrected chi connectivity index (χ3v) is 5.44. The fraction of sp³-hybridized carbons (Fsp3) is 0.115. The molecule has 9 heteroatoms. The molecule has 1 amide bonds. The molecule has 0 bridgehead atoms. The Morgan fingerprint density at radius 2 is 1.71 bits per heavy atom. The number of nitrogens with two attached hydrogens (primary N) is 2. The van der Waals surface area contributed by atoms with Crippen molar-refractivity contribution in [2.24, 2.45) is 11.5 Å². The van der Waals surface area contributed by atoms with Crippen molar-refractivity contribution in [1.82, 2.24) is 15.3 Å². The van der Waals surface area contributed by atoms with Crippen LogP contribution in [0, 0.1) is 5.82 Å². The molecule has 0 aliphatic rings. The lowest BCUT2D eigenvalue weighted by Crippen LogP contribution is -2.27. The summed E-state index contributed by atoms with van der Waals surface area (Å²) < 4.78 is 18.2. The van der Waals surface area contributed by atoms with Crippen LogP contribution in [0.4, 0.5) is 4.39 Å². The first kappa shape index (κ1) is 23.7. The number of hydrogen-bond acceptors (Lipinski definition) is 6. The van der Waals surface area contributed by atoms with Crippen LogP contribution < -0.4 is 22.3 Å². The Morgan fingerprint density at radius 1 is 1.00 bits per heavy atom. The number of nitrogens with one attached hydrogen (secondary N) is 2. The van der Waals surface area contributed by atoms with E-state index in [0.29, 0.717) is 35.3 Å². The van der Waals surface area contributed by atoms with Crippen molar-refractivity contribution in [2.45, 2.75) is 0 Å². The number of methoxy groups -OCH3 is 1. The monoisotopic (exact) mass is 473 g/mol. The van der Waals surface area contributed by atoms with Gasteiger partial charge in [-0.15, -0.1) is 0 Å².